The van der Waals surface area contributed by atoms with Crippen LogP contribution in [0.15, 0.2) is 0 Å². The molecule has 0 radical (unpaired) electrons. The van der Waals surface area contributed by atoms with Crippen LogP contribution in [0, 0.1) is 0 Å². The second-order valence-electron chi connectivity index (χ2n) is 4.91. The van der Waals surface area contributed by atoms with E-state index in [4.69, 9.17) is 5.11 Å². The summed E-state index contributed by atoms with van der Waals surface area (Å²) in [6.07, 6.45) is 2.79. The molecule has 1 atom stereocenters. The third-order valence-electron chi connectivity index (χ3n) is 3.30. The van der Waals surface area contributed by atoms with E-state index < -0.39 is 22.2 Å². The van der Waals surface area contributed by atoms with E-state index in [1.807, 2.05) is 13.8 Å². The van der Waals surface area contributed by atoms with Gasteiger partial charge >= 0.3 is 5.97 Å². The first-order valence-electron chi connectivity index (χ1n) is 6.92. The van der Waals surface area contributed by atoms with Gasteiger partial charge in [-0.1, -0.05) is 13.8 Å². The number of nitrogens with zero attached hydrogens (tertiary/aromatic N) is 2. The molecule has 1 unspecified atom stereocenters. The topological polar surface area (TPSA) is 77.9 Å². The molecule has 0 aliphatic carbocycles. The smallest absolute Gasteiger partial charge is 0.304 e. The minimum Gasteiger partial charge on any atom is -0.481 e. The minimum atomic E-state index is -3.52. The Balaban J connectivity index is 2.86. The van der Waals surface area contributed by atoms with Gasteiger partial charge in [0.15, 0.2) is 0 Å². The largest absolute Gasteiger partial charge is 0.481 e. The molecule has 1 aliphatic rings. The Bertz CT molecular complexity index is 391. The fourth-order valence-electron chi connectivity index (χ4n) is 2.51. The number of carbonyl (C=O) groups is 1. The zero-order valence-corrected chi connectivity index (χ0v) is 12.5. The second-order valence-corrected chi connectivity index (χ2v) is 6.79. The highest BCUT2D eigenvalue weighted by molar-refractivity contribution is 7.86. The lowest BCUT2D eigenvalue weighted by Crippen LogP contribution is -2.47. The van der Waals surface area contributed by atoms with Crippen LogP contribution >= 0.6 is 0 Å². The van der Waals surface area contributed by atoms with Gasteiger partial charge in [-0.25, -0.2) is 0 Å². The van der Waals surface area contributed by atoms with Crippen LogP contribution in [0.1, 0.15) is 46.0 Å². The van der Waals surface area contributed by atoms with Crippen molar-refractivity contribution in [1.29, 1.82) is 0 Å². The monoisotopic (exact) mass is 292 g/mol. The van der Waals surface area contributed by atoms with Crippen LogP contribution in [0.25, 0.3) is 0 Å². The average molecular weight is 292 g/mol. The van der Waals surface area contributed by atoms with E-state index >= 15 is 0 Å². The average Bonchev–Trinajstić information content (AvgIpc) is 2.76. The van der Waals surface area contributed by atoms with Crippen molar-refractivity contribution in [2.75, 3.05) is 19.6 Å². The molecular weight excluding hydrogens is 268 g/mol. The highest BCUT2D eigenvalue weighted by atomic mass is 32.2. The summed E-state index contributed by atoms with van der Waals surface area (Å²) in [6.45, 7) is 5.30. The van der Waals surface area contributed by atoms with Crippen molar-refractivity contribution < 1.29 is 18.3 Å². The maximum Gasteiger partial charge on any atom is 0.304 e. The van der Waals surface area contributed by atoms with E-state index in [0.29, 0.717) is 26.1 Å². The fourth-order valence-corrected chi connectivity index (χ4v) is 4.55. The first-order valence-corrected chi connectivity index (χ1v) is 8.31. The quantitative estimate of drug-likeness (QED) is 0.731. The van der Waals surface area contributed by atoms with E-state index in [1.165, 1.54) is 8.61 Å². The molecule has 1 fully saturated rings. The molecule has 1 heterocycles. The summed E-state index contributed by atoms with van der Waals surface area (Å²) >= 11 is 0. The molecule has 1 rings (SSSR count). The van der Waals surface area contributed by atoms with Gasteiger partial charge < -0.3 is 5.11 Å². The van der Waals surface area contributed by atoms with Gasteiger partial charge in [-0.3, -0.25) is 4.79 Å². The Kier molecular flexibility index (Phi) is 6.22. The van der Waals surface area contributed by atoms with Crippen molar-refractivity contribution in [2.45, 2.75) is 52.0 Å². The Morgan fingerprint density at radius 3 is 2.37 bits per heavy atom. The molecule has 6 nitrogen and oxygen atoms in total. The molecule has 0 spiro atoms. The molecule has 19 heavy (non-hydrogen) atoms. The van der Waals surface area contributed by atoms with Crippen LogP contribution in [0.5, 0.6) is 0 Å². The lowest BCUT2D eigenvalue weighted by atomic mass is 10.2. The lowest BCUT2D eigenvalue weighted by molar-refractivity contribution is -0.137. The van der Waals surface area contributed by atoms with Crippen molar-refractivity contribution in [1.82, 2.24) is 8.61 Å². The second kappa shape index (κ2) is 7.21. The van der Waals surface area contributed by atoms with Gasteiger partial charge in [-0.15, -0.1) is 0 Å². The van der Waals surface area contributed by atoms with E-state index in [2.05, 4.69) is 0 Å². The van der Waals surface area contributed by atoms with E-state index in [9.17, 15) is 13.2 Å². The van der Waals surface area contributed by atoms with Crippen LogP contribution in [-0.4, -0.2) is 53.8 Å². The van der Waals surface area contributed by atoms with Gasteiger partial charge in [0, 0.05) is 25.7 Å². The predicted molar refractivity (Wildman–Crippen MR) is 73.1 cm³/mol. The molecule has 0 aromatic carbocycles. The van der Waals surface area contributed by atoms with E-state index in [1.54, 1.807) is 0 Å². The molecular formula is C12H24N2O4S. The van der Waals surface area contributed by atoms with Gasteiger partial charge in [0.25, 0.3) is 10.2 Å². The zero-order valence-electron chi connectivity index (χ0n) is 11.7. The molecule has 1 saturated heterocycles. The summed E-state index contributed by atoms with van der Waals surface area (Å²) in [5.41, 5.74) is 0. The molecule has 1 N–H and O–H groups in total. The van der Waals surface area contributed by atoms with Crippen LogP contribution < -0.4 is 0 Å². The standard InChI is InChI=1S/C12H24N2O4S/c1-3-7-13(8-4-2)19(17,18)14-9-5-6-11(14)10-12(15)16/h11H,3-10H2,1-2H3,(H,15,16). The van der Waals surface area contributed by atoms with Gasteiger partial charge in [-0.2, -0.15) is 17.0 Å². The Labute approximate surface area is 115 Å². The van der Waals surface area contributed by atoms with Gasteiger partial charge in [-0.05, 0) is 25.7 Å². The Morgan fingerprint density at radius 1 is 1.32 bits per heavy atom. The van der Waals surface area contributed by atoms with Crippen LogP contribution in [0.3, 0.4) is 0 Å². The summed E-state index contributed by atoms with van der Waals surface area (Å²) in [5.74, 6) is -0.940. The van der Waals surface area contributed by atoms with Gasteiger partial charge in [0.05, 0.1) is 6.42 Å². The Hall–Kier alpha value is -0.660. The lowest BCUT2D eigenvalue weighted by Gasteiger charge is -2.30. The fraction of sp³-hybridized carbons (Fsp3) is 0.917. The van der Waals surface area contributed by atoms with Gasteiger partial charge in [0.1, 0.15) is 0 Å². The van der Waals surface area contributed by atoms with Gasteiger partial charge in [0.2, 0.25) is 0 Å². The number of hydrogen-bond donors (Lipinski definition) is 1. The maximum atomic E-state index is 12.6. The summed E-state index contributed by atoms with van der Waals surface area (Å²) < 4.78 is 28.0. The molecule has 0 bridgehead atoms. The molecule has 112 valence electrons. The summed E-state index contributed by atoms with van der Waals surface area (Å²) in [6, 6.07) is -0.390. The molecule has 0 amide bonds. The molecule has 0 aromatic heterocycles. The third kappa shape index (κ3) is 4.15. The highest BCUT2D eigenvalue weighted by Crippen LogP contribution is 2.25. The maximum absolute atomic E-state index is 12.6. The zero-order chi connectivity index (χ0) is 14.5. The molecule has 0 saturated carbocycles. The van der Waals surface area contributed by atoms with E-state index in [-0.39, 0.29) is 6.42 Å². The molecule has 7 heteroatoms. The third-order valence-corrected chi connectivity index (χ3v) is 5.39. The summed E-state index contributed by atoms with van der Waals surface area (Å²) in [4.78, 5) is 10.8. The Morgan fingerprint density at radius 2 is 1.89 bits per heavy atom. The van der Waals surface area contributed by atoms with E-state index in [0.717, 1.165) is 19.3 Å². The van der Waals surface area contributed by atoms with Crippen molar-refractivity contribution in [3.8, 4) is 0 Å². The summed E-state index contributed by atoms with van der Waals surface area (Å²) in [7, 11) is -3.52. The SMILES string of the molecule is CCCN(CCC)S(=O)(=O)N1CCCC1CC(=O)O. The number of aliphatic carboxylic acids is 1. The van der Waals surface area contributed by atoms with Crippen LogP contribution in [0.2, 0.25) is 0 Å². The van der Waals surface area contributed by atoms with Crippen molar-refractivity contribution >= 4 is 16.2 Å². The summed E-state index contributed by atoms with van der Waals surface area (Å²) in [5, 5.41) is 8.87. The predicted octanol–water partition coefficient (Wildman–Crippen LogP) is 1.29. The van der Waals surface area contributed by atoms with Crippen molar-refractivity contribution in [3.05, 3.63) is 0 Å². The van der Waals surface area contributed by atoms with Crippen LogP contribution in [0.4, 0.5) is 0 Å². The van der Waals surface area contributed by atoms with Crippen molar-refractivity contribution in [3.63, 3.8) is 0 Å². The number of carboxylic acids is 1. The number of rotatable bonds is 8. The van der Waals surface area contributed by atoms with Crippen molar-refractivity contribution in [2.24, 2.45) is 0 Å². The normalized spacial score (nSPS) is 21.1. The number of hydrogen-bond acceptors (Lipinski definition) is 3. The number of carboxylic acid groups (broad SMARTS) is 1. The molecule has 1 aliphatic heterocycles. The highest BCUT2D eigenvalue weighted by Gasteiger charge is 2.38. The van der Waals surface area contributed by atoms with Crippen LogP contribution in [-0.2, 0) is 15.0 Å². The molecule has 0 aromatic rings. The minimum absolute atomic E-state index is 0.106. The first-order chi connectivity index (χ1) is 8.93. The first kappa shape index (κ1) is 16.4.